The Bertz CT molecular complexity index is 852. The lowest BCUT2D eigenvalue weighted by Crippen LogP contribution is -2.50. The van der Waals surface area contributed by atoms with Gasteiger partial charge < -0.3 is 20.0 Å². The van der Waals surface area contributed by atoms with Crippen molar-refractivity contribution < 1.29 is 14.5 Å². The van der Waals surface area contributed by atoms with E-state index in [0.717, 1.165) is 42.3 Å². The first-order chi connectivity index (χ1) is 14.4. The van der Waals surface area contributed by atoms with Crippen LogP contribution in [-0.4, -0.2) is 34.6 Å². The molecule has 0 atom stereocenters. The lowest BCUT2D eigenvalue weighted by atomic mass is 9.53. The van der Waals surface area contributed by atoms with Crippen LogP contribution in [0.2, 0.25) is 0 Å². The van der Waals surface area contributed by atoms with Gasteiger partial charge in [-0.25, -0.2) is 4.98 Å². The molecule has 0 bridgehead atoms. The number of aromatic nitrogens is 2. The summed E-state index contributed by atoms with van der Waals surface area (Å²) < 4.78 is 6.08. The molecule has 30 heavy (non-hydrogen) atoms. The molecule has 3 N–H and O–H groups in total. The van der Waals surface area contributed by atoms with Crippen LogP contribution in [0.15, 0.2) is 18.5 Å². The third-order valence-corrected chi connectivity index (χ3v) is 6.45. The van der Waals surface area contributed by atoms with E-state index >= 15 is 0 Å². The van der Waals surface area contributed by atoms with Gasteiger partial charge in [-0.05, 0) is 49.1 Å². The molecule has 2 aromatic heterocycles. The van der Waals surface area contributed by atoms with Gasteiger partial charge in [-0.1, -0.05) is 40.5 Å². The van der Waals surface area contributed by atoms with Gasteiger partial charge in [-0.15, -0.1) is 0 Å². The van der Waals surface area contributed by atoms with Crippen molar-refractivity contribution in [2.75, 3.05) is 6.54 Å². The van der Waals surface area contributed by atoms with E-state index in [2.05, 4.69) is 35.2 Å². The summed E-state index contributed by atoms with van der Waals surface area (Å²) in [5.74, 6) is 0.145. The van der Waals surface area contributed by atoms with Crippen LogP contribution in [0.1, 0.15) is 84.6 Å². The first-order valence-electron chi connectivity index (χ1n) is 11.5. The normalized spacial score (nSPS) is 18.0. The van der Waals surface area contributed by atoms with Gasteiger partial charge in [-0.3, -0.25) is 4.79 Å². The molecule has 4 rings (SSSR count). The smallest absolute Gasteiger partial charge is 0.423 e. The zero-order valence-corrected chi connectivity index (χ0v) is 18.9. The molecule has 0 radical (unpaired) electrons. The molecule has 0 unspecified atom stereocenters. The maximum Gasteiger partial charge on any atom is 0.493 e. The number of rotatable bonds is 7. The average molecular weight is 413 g/mol. The molecule has 164 valence electrons. The van der Waals surface area contributed by atoms with E-state index in [4.69, 9.17) is 4.65 Å². The molecule has 1 aliphatic heterocycles. The molecule has 7 heteroatoms. The van der Waals surface area contributed by atoms with Crippen molar-refractivity contribution >= 4 is 29.5 Å². The zero-order chi connectivity index (χ0) is 21.8. The summed E-state index contributed by atoms with van der Waals surface area (Å²) in [6.07, 6.45) is 12.3. The van der Waals surface area contributed by atoms with Crippen molar-refractivity contribution in [2.45, 2.75) is 84.7 Å². The molecule has 0 saturated heterocycles. The molecule has 2 aliphatic rings. The minimum atomic E-state index is -0.831. The fourth-order valence-electron chi connectivity index (χ4n) is 5.40. The first-order valence-corrected chi connectivity index (χ1v) is 11.5. The molecule has 1 fully saturated rings. The maximum atomic E-state index is 10.5. The highest BCUT2D eigenvalue weighted by Crippen LogP contribution is 2.62. The van der Waals surface area contributed by atoms with Gasteiger partial charge in [0.2, 0.25) is 5.91 Å². The lowest BCUT2D eigenvalue weighted by molar-refractivity contribution is -0.124. The Labute approximate surface area is 180 Å². The third kappa shape index (κ3) is 4.28. The number of aromatic amines is 1. The second kappa shape index (κ2) is 9.52. The molecule has 0 aromatic carbocycles. The summed E-state index contributed by atoms with van der Waals surface area (Å²) in [4.78, 5) is 18.0. The number of nitrogens with zero attached hydrogens (tertiary/aromatic N) is 1. The van der Waals surface area contributed by atoms with E-state index in [-0.39, 0.29) is 11.5 Å². The fourth-order valence-corrected chi connectivity index (χ4v) is 5.40. The van der Waals surface area contributed by atoms with Gasteiger partial charge in [0.1, 0.15) is 5.65 Å². The summed E-state index contributed by atoms with van der Waals surface area (Å²) in [6.45, 7) is 9.22. The van der Waals surface area contributed by atoms with E-state index in [9.17, 15) is 9.82 Å². The Balaban J connectivity index is 0.000000275. The third-order valence-electron chi connectivity index (χ3n) is 6.45. The van der Waals surface area contributed by atoms with Gasteiger partial charge in [0.15, 0.2) is 0 Å². The topological polar surface area (TPSA) is 87.2 Å². The van der Waals surface area contributed by atoms with E-state index in [1.807, 2.05) is 20.0 Å². The van der Waals surface area contributed by atoms with Crippen LogP contribution in [-0.2, 0) is 15.0 Å². The minimum Gasteiger partial charge on any atom is -0.423 e. The number of hydrogen-bond donors (Lipinski definition) is 3. The number of nitrogens with one attached hydrogen (secondary N) is 2. The number of carbonyl (C=O) groups excluding carboxylic acids is 1. The summed E-state index contributed by atoms with van der Waals surface area (Å²) in [5, 5.41) is 14.2. The van der Waals surface area contributed by atoms with E-state index < -0.39 is 7.12 Å². The largest absolute Gasteiger partial charge is 0.493 e. The van der Waals surface area contributed by atoms with Crippen LogP contribution in [0.4, 0.5) is 0 Å². The first kappa shape index (κ1) is 22.8. The van der Waals surface area contributed by atoms with Crippen LogP contribution in [0.25, 0.3) is 11.0 Å². The summed E-state index contributed by atoms with van der Waals surface area (Å²) >= 11 is 0. The number of carbonyl (C=O) groups is 1. The number of hydrogen-bond acceptors (Lipinski definition) is 4. The molecule has 1 aliphatic carbocycles. The van der Waals surface area contributed by atoms with E-state index in [1.54, 1.807) is 6.20 Å². The lowest BCUT2D eigenvalue weighted by Gasteiger charge is -2.55. The number of fused-ring (bicyclic) bond motifs is 4. The van der Waals surface area contributed by atoms with Crippen LogP contribution in [0.3, 0.4) is 0 Å². The van der Waals surface area contributed by atoms with Gasteiger partial charge >= 0.3 is 7.12 Å². The highest BCUT2D eigenvalue weighted by Gasteiger charge is 2.61. The number of H-pyrrole nitrogens is 1. The molecular formula is C23H36BN3O3. The Morgan fingerprint density at radius 3 is 2.53 bits per heavy atom. The van der Waals surface area contributed by atoms with Crippen molar-refractivity contribution in [3.8, 4) is 0 Å². The predicted octanol–water partition coefficient (Wildman–Crippen LogP) is 3.78. The van der Waals surface area contributed by atoms with Crippen LogP contribution >= 0.6 is 0 Å². The highest BCUT2D eigenvalue weighted by atomic mass is 16.5. The average Bonchev–Trinajstić information content (AvgIpc) is 3.29. The van der Waals surface area contributed by atoms with Crippen molar-refractivity contribution in [1.29, 1.82) is 0 Å². The predicted molar refractivity (Wildman–Crippen MR) is 122 cm³/mol. The SMILES string of the molecule is CCCC1(CCC)CC2(C1)OB(O)c1cnc3[nH]ccc3c12.CCCNC(=O)CC. The monoisotopic (exact) mass is 413 g/mol. The molecular weight excluding hydrogens is 377 g/mol. The Morgan fingerprint density at radius 2 is 1.93 bits per heavy atom. The standard InChI is InChI=1S/C17H23BN2O2.C6H13NO/c1-3-6-16(7-4-2)10-17(11-16)14-12-5-8-19-15(12)20-9-13(14)18(21)22-17;1-3-5-7-6(8)4-2/h5,8-9,21H,3-4,6-7,10-11H2,1-2H3,(H,19,20);3-5H2,1-2H3,(H,7,8). The van der Waals surface area contributed by atoms with Gasteiger partial charge in [-0.2, -0.15) is 0 Å². The highest BCUT2D eigenvalue weighted by molar-refractivity contribution is 6.62. The second-order valence-corrected chi connectivity index (χ2v) is 8.85. The fraction of sp³-hybridized carbons (Fsp3) is 0.652. The molecule has 1 spiro atoms. The van der Waals surface area contributed by atoms with E-state index in [1.165, 1.54) is 31.2 Å². The number of pyridine rings is 1. The van der Waals surface area contributed by atoms with Crippen molar-refractivity contribution in [1.82, 2.24) is 15.3 Å². The maximum absolute atomic E-state index is 10.5. The quantitative estimate of drug-likeness (QED) is 0.603. The number of amides is 1. The molecule has 6 nitrogen and oxygen atoms in total. The molecule has 1 amide bonds. The Kier molecular flexibility index (Phi) is 7.24. The molecule has 1 saturated carbocycles. The minimum absolute atomic E-state index is 0.145. The van der Waals surface area contributed by atoms with Gasteiger partial charge in [0.25, 0.3) is 0 Å². The van der Waals surface area contributed by atoms with E-state index in [0.29, 0.717) is 11.8 Å². The Hall–Kier alpha value is -1.86. The van der Waals surface area contributed by atoms with Gasteiger partial charge in [0, 0.05) is 36.2 Å². The zero-order valence-electron chi connectivity index (χ0n) is 18.9. The summed E-state index contributed by atoms with van der Waals surface area (Å²) in [6, 6.07) is 2.06. The summed E-state index contributed by atoms with van der Waals surface area (Å²) in [7, 11) is -0.831. The summed E-state index contributed by atoms with van der Waals surface area (Å²) in [5.41, 5.74) is 3.00. The van der Waals surface area contributed by atoms with Crippen molar-refractivity contribution in [3.05, 3.63) is 24.0 Å². The van der Waals surface area contributed by atoms with Crippen LogP contribution in [0.5, 0.6) is 0 Å². The van der Waals surface area contributed by atoms with Crippen molar-refractivity contribution in [3.63, 3.8) is 0 Å². The van der Waals surface area contributed by atoms with Crippen LogP contribution < -0.4 is 10.8 Å². The second-order valence-electron chi connectivity index (χ2n) is 8.85. The Morgan fingerprint density at radius 1 is 1.23 bits per heavy atom. The van der Waals surface area contributed by atoms with Gasteiger partial charge in [0.05, 0.1) is 5.60 Å². The van der Waals surface area contributed by atoms with Crippen LogP contribution in [0, 0.1) is 5.41 Å². The molecule has 3 heterocycles. The van der Waals surface area contributed by atoms with Crippen molar-refractivity contribution in [2.24, 2.45) is 5.41 Å². The molecule has 2 aromatic rings.